The third-order valence-electron chi connectivity index (χ3n) is 13.1. The quantitative estimate of drug-likeness (QED) is 0.161. The van der Waals surface area contributed by atoms with Gasteiger partial charge in [0, 0.05) is 34.5 Å². The van der Waals surface area contributed by atoms with Crippen LogP contribution in [-0.4, -0.2) is 15.0 Å². The van der Waals surface area contributed by atoms with Gasteiger partial charge in [-0.15, -0.1) is 0 Å². The van der Waals surface area contributed by atoms with Crippen molar-refractivity contribution in [3.8, 4) is 95.6 Å². The van der Waals surface area contributed by atoms with Crippen LogP contribution in [0.1, 0.15) is 48.8 Å². The first-order valence-corrected chi connectivity index (χ1v) is 21.6. The Morgan fingerprint density at radius 3 is 1.56 bits per heavy atom. The third kappa shape index (κ3) is 6.79. The molecule has 0 N–H and O–H groups in total. The van der Waals surface area contributed by atoms with Gasteiger partial charge in [0.15, 0.2) is 5.82 Å². The van der Waals surface area contributed by atoms with Crippen LogP contribution in [0.4, 0.5) is 0 Å². The topological polar surface area (TPSA) is 62.5 Å². The van der Waals surface area contributed by atoms with Crippen LogP contribution in [0.25, 0.3) is 89.5 Å². The van der Waals surface area contributed by atoms with E-state index in [0.717, 1.165) is 68.7 Å². The Labute approximate surface area is 362 Å². The van der Waals surface area contributed by atoms with E-state index in [0.29, 0.717) is 5.82 Å². The van der Waals surface area contributed by atoms with Gasteiger partial charge in [-0.3, -0.25) is 4.98 Å². The van der Waals surface area contributed by atoms with E-state index in [1.54, 1.807) is 6.20 Å². The second-order valence-electron chi connectivity index (χ2n) is 16.7. The molecular weight excluding hydrogens is 753 g/mol. The van der Waals surface area contributed by atoms with Crippen LogP contribution in [0.5, 0.6) is 0 Å². The lowest BCUT2D eigenvalue weighted by Gasteiger charge is -2.36. The molecule has 0 atom stereocenters. The van der Waals surface area contributed by atoms with Crippen LogP contribution < -0.4 is 0 Å². The van der Waals surface area contributed by atoms with E-state index in [4.69, 9.17) is 9.97 Å². The molecule has 0 bridgehead atoms. The number of aromatic nitrogens is 3. The van der Waals surface area contributed by atoms with Gasteiger partial charge >= 0.3 is 0 Å². The summed E-state index contributed by atoms with van der Waals surface area (Å²) in [6.45, 7) is 0. The summed E-state index contributed by atoms with van der Waals surface area (Å²) < 4.78 is 0. The molecule has 11 rings (SSSR count). The zero-order valence-electron chi connectivity index (χ0n) is 34.3. The van der Waals surface area contributed by atoms with E-state index in [2.05, 4.69) is 163 Å². The molecular formula is C58H42N4. The summed E-state index contributed by atoms with van der Waals surface area (Å²) in [6, 6.07) is 67.1. The number of rotatable bonds is 7. The highest BCUT2D eigenvalue weighted by atomic mass is 14.9. The summed E-state index contributed by atoms with van der Waals surface area (Å²) >= 11 is 0. The number of benzene rings is 7. The zero-order chi connectivity index (χ0) is 41.5. The van der Waals surface area contributed by atoms with Crippen LogP contribution in [-0.2, 0) is 5.41 Å². The Morgan fingerprint density at radius 2 is 0.919 bits per heavy atom. The van der Waals surface area contributed by atoms with Crippen molar-refractivity contribution in [1.29, 1.82) is 5.26 Å². The molecule has 4 heteroatoms. The Balaban J connectivity index is 0.863. The van der Waals surface area contributed by atoms with Crippen LogP contribution in [0.3, 0.4) is 0 Å². The Morgan fingerprint density at radius 1 is 0.403 bits per heavy atom. The molecule has 0 amide bonds. The molecule has 2 aliphatic rings. The van der Waals surface area contributed by atoms with Gasteiger partial charge in [0.1, 0.15) is 0 Å². The third-order valence-corrected chi connectivity index (χ3v) is 13.1. The van der Waals surface area contributed by atoms with E-state index >= 15 is 0 Å². The maximum Gasteiger partial charge on any atom is 0.160 e. The van der Waals surface area contributed by atoms with Gasteiger partial charge in [-0.1, -0.05) is 165 Å². The van der Waals surface area contributed by atoms with Crippen LogP contribution in [0.2, 0.25) is 0 Å². The zero-order valence-corrected chi connectivity index (χ0v) is 34.3. The highest BCUT2D eigenvalue weighted by Gasteiger charge is 2.44. The van der Waals surface area contributed by atoms with Gasteiger partial charge in [-0.05, 0) is 116 Å². The first-order valence-electron chi connectivity index (χ1n) is 21.6. The number of nitriles is 1. The lowest BCUT2D eigenvalue weighted by atomic mass is 9.67. The Hall–Kier alpha value is -7.74. The minimum absolute atomic E-state index is 0.00410. The van der Waals surface area contributed by atoms with E-state index in [-0.39, 0.29) is 5.41 Å². The molecule has 4 nitrogen and oxygen atoms in total. The highest BCUT2D eigenvalue weighted by Crippen LogP contribution is 2.56. The summed E-state index contributed by atoms with van der Waals surface area (Å²) in [6.07, 6.45) is 9.70. The molecule has 1 spiro atoms. The van der Waals surface area contributed by atoms with Gasteiger partial charge in [0.25, 0.3) is 0 Å². The summed E-state index contributed by atoms with van der Waals surface area (Å²) in [4.78, 5) is 14.5. The maximum absolute atomic E-state index is 9.74. The predicted octanol–water partition coefficient (Wildman–Crippen LogP) is 14.6. The number of hydrogen-bond acceptors (Lipinski definition) is 4. The molecule has 62 heavy (non-hydrogen) atoms. The fourth-order valence-corrected chi connectivity index (χ4v) is 9.83. The SMILES string of the molecule is N#Cc1ccc2c(c1)C1(CCCCC1)c1cc(-c3ccc(-c4ccc(-c5cccc(-c6cc(-c7ccc(-c8cccnc8)cc7)nc(-c7ccccc7)n6)c5)cc4)cc3)ccc1-2. The van der Waals surface area contributed by atoms with Crippen LogP contribution >= 0.6 is 0 Å². The van der Waals surface area contributed by atoms with Gasteiger partial charge in [-0.2, -0.15) is 5.26 Å². The monoisotopic (exact) mass is 794 g/mol. The standard InChI is InChI=1S/C58H42N4/c59-37-39-14-28-51-52-29-27-48(35-54(52)58(53(51)33-39)30-5-2-6-31-58)43-21-17-41(18-22-43)40-15-19-42(20-16-40)47-11-7-12-49(34-47)56-36-55(61-57(62-56)46-9-3-1-4-10-46)45-25-23-44(24-26-45)50-13-8-32-60-38-50/h1,3-4,7-29,32-36,38H,2,5-6,30-31H2. The summed E-state index contributed by atoms with van der Waals surface area (Å²) in [5.74, 6) is 0.695. The minimum atomic E-state index is 0.00410. The number of hydrogen-bond donors (Lipinski definition) is 0. The average Bonchev–Trinajstić information content (AvgIpc) is 3.61. The van der Waals surface area contributed by atoms with E-state index in [9.17, 15) is 5.26 Å². The molecule has 1 saturated carbocycles. The van der Waals surface area contributed by atoms with E-state index in [1.807, 2.05) is 36.5 Å². The summed E-state index contributed by atoms with van der Waals surface area (Å²) in [5.41, 5.74) is 20.3. The van der Waals surface area contributed by atoms with Gasteiger partial charge in [-0.25, -0.2) is 9.97 Å². The molecule has 0 radical (unpaired) electrons. The Bertz CT molecular complexity index is 3120. The first-order chi connectivity index (χ1) is 30.6. The van der Waals surface area contributed by atoms with Crippen molar-refractivity contribution in [2.45, 2.75) is 37.5 Å². The van der Waals surface area contributed by atoms with Crippen LogP contribution in [0.15, 0.2) is 194 Å². The van der Waals surface area contributed by atoms with Crippen molar-refractivity contribution in [3.05, 3.63) is 211 Å². The highest BCUT2D eigenvalue weighted by molar-refractivity contribution is 5.85. The largest absolute Gasteiger partial charge is 0.264 e. The second-order valence-corrected chi connectivity index (χ2v) is 16.7. The molecule has 2 aromatic heterocycles. The second kappa shape index (κ2) is 15.7. The molecule has 2 heterocycles. The van der Waals surface area contributed by atoms with Gasteiger partial charge in [0.2, 0.25) is 0 Å². The number of nitrogens with zero attached hydrogens (tertiary/aromatic N) is 4. The predicted molar refractivity (Wildman–Crippen MR) is 252 cm³/mol. The van der Waals surface area contributed by atoms with Crippen LogP contribution in [0, 0.1) is 11.3 Å². The molecule has 9 aromatic rings. The fourth-order valence-electron chi connectivity index (χ4n) is 9.83. The van der Waals surface area contributed by atoms with Gasteiger partial charge in [0.05, 0.1) is 23.0 Å². The summed E-state index contributed by atoms with van der Waals surface area (Å²) in [5, 5.41) is 9.74. The summed E-state index contributed by atoms with van der Waals surface area (Å²) in [7, 11) is 0. The van der Waals surface area contributed by atoms with Crippen molar-refractivity contribution >= 4 is 0 Å². The van der Waals surface area contributed by atoms with Crippen molar-refractivity contribution in [2.75, 3.05) is 0 Å². The van der Waals surface area contributed by atoms with E-state index in [1.165, 1.54) is 63.8 Å². The molecule has 2 aliphatic carbocycles. The molecule has 1 fully saturated rings. The van der Waals surface area contributed by atoms with Gasteiger partial charge < -0.3 is 0 Å². The van der Waals surface area contributed by atoms with Crippen molar-refractivity contribution in [1.82, 2.24) is 15.0 Å². The first kappa shape index (κ1) is 37.3. The molecule has 0 aliphatic heterocycles. The fraction of sp³-hybridized carbons (Fsp3) is 0.103. The molecule has 294 valence electrons. The lowest BCUT2D eigenvalue weighted by Crippen LogP contribution is -2.28. The maximum atomic E-state index is 9.74. The molecule has 0 unspecified atom stereocenters. The smallest absolute Gasteiger partial charge is 0.160 e. The van der Waals surface area contributed by atoms with Crippen molar-refractivity contribution in [2.24, 2.45) is 0 Å². The van der Waals surface area contributed by atoms with Crippen molar-refractivity contribution < 1.29 is 0 Å². The van der Waals surface area contributed by atoms with Crippen molar-refractivity contribution in [3.63, 3.8) is 0 Å². The average molecular weight is 795 g/mol. The number of fused-ring (bicyclic) bond motifs is 5. The molecule has 7 aromatic carbocycles. The molecule has 0 saturated heterocycles. The number of pyridine rings is 1. The lowest BCUT2D eigenvalue weighted by molar-refractivity contribution is 0.353. The normalized spacial score (nSPS) is 13.6. The van der Waals surface area contributed by atoms with E-state index < -0.39 is 0 Å². The Kier molecular flexibility index (Phi) is 9.44. The minimum Gasteiger partial charge on any atom is -0.264 e.